The van der Waals surface area contributed by atoms with Crippen molar-refractivity contribution >= 4 is 5.91 Å². The van der Waals surface area contributed by atoms with Gasteiger partial charge in [-0.15, -0.1) is 0 Å². The van der Waals surface area contributed by atoms with Crippen LogP contribution in [0.2, 0.25) is 0 Å². The number of hydrogen-bond donors (Lipinski definition) is 2. The SMILES string of the molecule is Cc1ccc(C)c(OCCC(=O)NCC(O)C(F)F)c1. The average molecular weight is 287 g/mol. The summed E-state index contributed by atoms with van der Waals surface area (Å²) in [4.78, 5) is 11.4. The number of nitrogens with one attached hydrogen (secondary N) is 1. The Balaban J connectivity index is 2.30. The molecule has 0 aliphatic rings. The minimum atomic E-state index is -2.86. The Morgan fingerprint density at radius 1 is 1.40 bits per heavy atom. The first-order valence-electron chi connectivity index (χ1n) is 6.33. The zero-order valence-electron chi connectivity index (χ0n) is 11.5. The summed E-state index contributed by atoms with van der Waals surface area (Å²) >= 11 is 0. The molecule has 0 fully saturated rings. The second-order valence-corrected chi connectivity index (χ2v) is 4.57. The molecule has 1 aromatic carbocycles. The van der Waals surface area contributed by atoms with Gasteiger partial charge in [0.25, 0.3) is 6.43 Å². The van der Waals surface area contributed by atoms with Gasteiger partial charge in [-0.2, -0.15) is 0 Å². The van der Waals surface area contributed by atoms with Gasteiger partial charge in [0.05, 0.1) is 13.0 Å². The number of amides is 1. The third kappa shape index (κ3) is 5.52. The zero-order chi connectivity index (χ0) is 15.1. The molecule has 4 nitrogen and oxygen atoms in total. The van der Waals surface area contributed by atoms with E-state index >= 15 is 0 Å². The first kappa shape index (κ1) is 16.4. The van der Waals surface area contributed by atoms with Gasteiger partial charge in [-0.05, 0) is 31.0 Å². The maximum Gasteiger partial charge on any atom is 0.265 e. The molecule has 2 N–H and O–H groups in total. The largest absolute Gasteiger partial charge is 0.493 e. The highest BCUT2D eigenvalue weighted by Crippen LogP contribution is 2.19. The van der Waals surface area contributed by atoms with Crippen molar-refractivity contribution in [3.05, 3.63) is 29.3 Å². The molecule has 1 aromatic rings. The van der Waals surface area contributed by atoms with Crippen LogP contribution in [0.5, 0.6) is 5.75 Å². The maximum absolute atomic E-state index is 12.0. The number of aliphatic hydroxyl groups is 1. The third-order valence-corrected chi connectivity index (χ3v) is 2.73. The van der Waals surface area contributed by atoms with Gasteiger partial charge in [0.2, 0.25) is 5.91 Å². The lowest BCUT2D eigenvalue weighted by Gasteiger charge is -2.12. The molecule has 0 aliphatic carbocycles. The molecule has 0 heterocycles. The number of hydrogen-bond acceptors (Lipinski definition) is 3. The fourth-order valence-electron chi connectivity index (χ4n) is 1.51. The molecular weight excluding hydrogens is 268 g/mol. The number of carbonyl (C=O) groups excluding carboxylic acids is 1. The fourth-order valence-corrected chi connectivity index (χ4v) is 1.51. The number of halogens is 2. The number of benzene rings is 1. The van der Waals surface area contributed by atoms with E-state index in [9.17, 15) is 13.6 Å². The van der Waals surface area contributed by atoms with Gasteiger partial charge in [-0.1, -0.05) is 12.1 Å². The van der Waals surface area contributed by atoms with Gasteiger partial charge < -0.3 is 15.2 Å². The predicted molar refractivity (Wildman–Crippen MR) is 71.0 cm³/mol. The Bertz CT molecular complexity index is 452. The first-order valence-corrected chi connectivity index (χ1v) is 6.33. The van der Waals surface area contributed by atoms with E-state index in [1.807, 2.05) is 32.0 Å². The number of aliphatic hydroxyl groups excluding tert-OH is 1. The number of ether oxygens (including phenoxy) is 1. The van der Waals surface area contributed by atoms with Crippen molar-refractivity contribution in [2.45, 2.75) is 32.8 Å². The Hall–Kier alpha value is -1.69. The van der Waals surface area contributed by atoms with Crippen LogP contribution in [-0.4, -0.2) is 36.7 Å². The molecule has 6 heteroatoms. The minimum Gasteiger partial charge on any atom is -0.493 e. The number of rotatable bonds is 7. The Labute approximate surface area is 116 Å². The molecule has 20 heavy (non-hydrogen) atoms. The molecule has 0 radical (unpaired) electrons. The summed E-state index contributed by atoms with van der Waals surface area (Å²) in [6.45, 7) is 3.53. The van der Waals surface area contributed by atoms with Gasteiger partial charge in [-0.3, -0.25) is 4.79 Å². The standard InChI is InChI=1S/C14H19F2NO3/c1-9-3-4-10(2)12(7-9)20-6-5-13(19)17-8-11(18)14(15)16/h3-4,7,11,14,18H,5-6,8H2,1-2H3,(H,17,19). The van der Waals surface area contributed by atoms with E-state index in [1.54, 1.807) is 0 Å². The van der Waals surface area contributed by atoms with E-state index in [0.29, 0.717) is 5.75 Å². The number of carbonyl (C=O) groups is 1. The van der Waals surface area contributed by atoms with Crippen LogP contribution in [0.15, 0.2) is 18.2 Å². The summed E-state index contributed by atoms with van der Waals surface area (Å²) in [5.41, 5.74) is 2.01. The average Bonchev–Trinajstić information content (AvgIpc) is 2.39. The summed E-state index contributed by atoms with van der Waals surface area (Å²) in [6, 6.07) is 5.75. The molecule has 0 saturated carbocycles. The first-order chi connectivity index (χ1) is 9.40. The highest BCUT2D eigenvalue weighted by molar-refractivity contribution is 5.76. The van der Waals surface area contributed by atoms with Crippen LogP contribution < -0.4 is 10.1 Å². The smallest absolute Gasteiger partial charge is 0.265 e. The van der Waals surface area contributed by atoms with E-state index in [-0.39, 0.29) is 13.0 Å². The van der Waals surface area contributed by atoms with Gasteiger partial charge in [0.1, 0.15) is 11.9 Å². The minimum absolute atomic E-state index is 0.0450. The lowest BCUT2D eigenvalue weighted by atomic mass is 10.1. The van der Waals surface area contributed by atoms with Gasteiger partial charge in [0.15, 0.2) is 0 Å². The Kier molecular flexibility index (Phi) is 6.38. The molecule has 0 spiro atoms. The molecule has 112 valence electrons. The van der Waals surface area contributed by atoms with Crippen LogP contribution in [0, 0.1) is 13.8 Å². The van der Waals surface area contributed by atoms with Crippen molar-refractivity contribution in [2.75, 3.05) is 13.2 Å². The second-order valence-electron chi connectivity index (χ2n) is 4.57. The topological polar surface area (TPSA) is 58.6 Å². The van der Waals surface area contributed by atoms with E-state index < -0.39 is 25.0 Å². The van der Waals surface area contributed by atoms with Crippen LogP contribution in [0.25, 0.3) is 0 Å². The fraction of sp³-hybridized carbons (Fsp3) is 0.500. The van der Waals surface area contributed by atoms with E-state index in [4.69, 9.17) is 9.84 Å². The van der Waals surface area contributed by atoms with Gasteiger partial charge in [-0.25, -0.2) is 8.78 Å². The predicted octanol–water partition coefficient (Wildman–Crippen LogP) is 1.81. The van der Waals surface area contributed by atoms with Crippen LogP contribution in [0.4, 0.5) is 8.78 Å². The van der Waals surface area contributed by atoms with Crippen LogP contribution in [-0.2, 0) is 4.79 Å². The lowest BCUT2D eigenvalue weighted by molar-refractivity contribution is -0.122. The van der Waals surface area contributed by atoms with Crippen molar-refractivity contribution in [3.63, 3.8) is 0 Å². The van der Waals surface area contributed by atoms with E-state index in [2.05, 4.69) is 5.32 Å². The van der Waals surface area contributed by atoms with Crippen LogP contribution in [0.1, 0.15) is 17.5 Å². The molecule has 0 aromatic heterocycles. The van der Waals surface area contributed by atoms with Crippen molar-refractivity contribution in [1.82, 2.24) is 5.32 Å². The quantitative estimate of drug-likeness (QED) is 0.804. The lowest BCUT2D eigenvalue weighted by Crippen LogP contribution is -2.36. The van der Waals surface area contributed by atoms with Crippen LogP contribution in [0.3, 0.4) is 0 Å². The molecular formula is C14H19F2NO3. The molecule has 0 saturated heterocycles. The zero-order valence-corrected chi connectivity index (χ0v) is 11.5. The van der Waals surface area contributed by atoms with Gasteiger partial charge >= 0.3 is 0 Å². The normalized spacial score (nSPS) is 12.3. The molecule has 1 amide bonds. The van der Waals surface area contributed by atoms with E-state index in [0.717, 1.165) is 11.1 Å². The summed E-state index contributed by atoms with van der Waals surface area (Å²) in [5, 5.41) is 11.1. The second kappa shape index (κ2) is 7.79. The molecule has 0 bridgehead atoms. The summed E-state index contributed by atoms with van der Waals surface area (Å²) < 4.78 is 29.5. The highest BCUT2D eigenvalue weighted by Gasteiger charge is 2.17. The van der Waals surface area contributed by atoms with Crippen molar-refractivity contribution in [2.24, 2.45) is 0 Å². The molecule has 1 atom stereocenters. The third-order valence-electron chi connectivity index (χ3n) is 2.73. The Morgan fingerprint density at radius 2 is 2.10 bits per heavy atom. The summed E-state index contributed by atoms with van der Waals surface area (Å²) in [7, 11) is 0. The van der Waals surface area contributed by atoms with Gasteiger partial charge in [0, 0.05) is 6.54 Å². The van der Waals surface area contributed by atoms with Crippen LogP contribution >= 0.6 is 0 Å². The van der Waals surface area contributed by atoms with Crippen molar-refractivity contribution in [3.8, 4) is 5.75 Å². The van der Waals surface area contributed by atoms with Crippen molar-refractivity contribution in [1.29, 1.82) is 0 Å². The summed E-state index contributed by atoms with van der Waals surface area (Å²) in [6.07, 6.45) is -4.65. The highest BCUT2D eigenvalue weighted by atomic mass is 19.3. The molecule has 1 rings (SSSR count). The number of aryl methyl sites for hydroxylation is 2. The van der Waals surface area contributed by atoms with E-state index in [1.165, 1.54) is 0 Å². The maximum atomic E-state index is 12.0. The molecule has 0 aliphatic heterocycles. The summed E-state index contributed by atoms with van der Waals surface area (Å²) in [5.74, 6) is 0.264. The molecule has 1 unspecified atom stereocenters. The monoisotopic (exact) mass is 287 g/mol. The Morgan fingerprint density at radius 3 is 2.75 bits per heavy atom. The number of alkyl halides is 2. The van der Waals surface area contributed by atoms with Crippen molar-refractivity contribution < 1.29 is 23.4 Å².